The topological polar surface area (TPSA) is 9.23 Å². The molecule has 0 amide bonds. The lowest BCUT2D eigenvalue weighted by atomic mass is 9.58. The third-order valence-corrected chi connectivity index (χ3v) is 4.51. The molecule has 1 saturated carbocycles. The molecule has 0 bridgehead atoms. The molecule has 0 unspecified atom stereocenters. The van der Waals surface area contributed by atoms with Crippen LogP contribution >= 0.6 is 11.6 Å². The molecule has 3 heteroatoms. The number of hydrogen-bond acceptors (Lipinski definition) is 1. The Morgan fingerprint density at radius 1 is 1.35 bits per heavy atom. The Morgan fingerprint density at radius 3 is 2.82 bits per heavy atom. The van der Waals surface area contributed by atoms with Crippen LogP contribution in [0.15, 0.2) is 24.3 Å². The zero-order valence-corrected chi connectivity index (χ0v) is 11.0. The molecule has 1 aromatic carbocycles. The van der Waals surface area contributed by atoms with Gasteiger partial charge in [-0.05, 0) is 41.7 Å². The van der Waals surface area contributed by atoms with Gasteiger partial charge in [0, 0.05) is 11.6 Å². The normalized spacial score (nSPS) is 30.5. The zero-order chi connectivity index (χ0) is 11.8. The molecule has 17 heavy (non-hydrogen) atoms. The Bertz CT molecular complexity index is 392. The van der Waals surface area contributed by atoms with Crippen LogP contribution in [-0.4, -0.2) is 13.5 Å². The molecule has 90 valence electrons. The van der Waals surface area contributed by atoms with Crippen LogP contribution in [0.5, 0.6) is 0 Å². The number of fused-ring (bicyclic) bond motifs is 1. The summed E-state index contributed by atoms with van der Waals surface area (Å²) in [5, 5.41) is 0.832. The first-order valence-corrected chi connectivity index (χ1v) is 7.06. The summed E-state index contributed by atoms with van der Waals surface area (Å²) in [6, 6.07) is 8.38. The Labute approximate surface area is 109 Å². The van der Waals surface area contributed by atoms with Crippen molar-refractivity contribution >= 4 is 18.5 Å². The van der Waals surface area contributed by atoms with Crippen LogP contribution in [0.2, 0.25) is 17.2 Å². The second-order valence-electron chi connectivity index (χ2n) is 5.33. The third-order valence-electron chi connectivity index (χ3n) is 4.26. The van der Waals surface area contributed by atoms with Crippen molar-refractivity contribution in [3.8, 4) is 0 Å². The van der Waals surface area contributed by atoms with Gasteiger partial charge >= 0.3 is 0 Å². The van der Waals surface area contributed by atoms with Crippen LogP contribution in [-0.2, 0) is 4.65 Å². The van der Waals surface area contributed by atoms with E-state index in [0.29, 0.717) is 6.92 Å². The predicted molar refractivity (Wildman–Crippen MR) is 72.9 cm³/mol. The Balaban J connectivity index is 1.66. The molecule has 3 rings (SSSR count). The van der Waals surface area contributed by atoms with Gasteiger partial charge in [-0.1, -0.05) is 43.5 Å². The van der Waals surface area contributed by atoms with E-state index >= 15 is 0 Å². The molecule has 0 aromatic heterocycles. The van der Waals surface area contributed by atoms with E-state index in [4.69, 9.17) is 16.3 Å². The molecule has 1 saturated heterocycles. The number of rotatable bonds is 4. The number of halogens is 1. The van der Waals surface area contributed by atoms with Crippen LogP contribution < -0.4 is 0 Å². The molecular weight excluding hydrogens is 230 g/mol. The van der Waals surface area contributed by atoms with E-state index in [2.05, 4.69) is 19.1 Å². The van der Waals surface area contributed by atoms with Gasteiger partial charge in [-0.25, -0.2) is 0 Å². The molecule has 1 aromatic rings. The van der Waals surface area contributed by atoms with E-state index in [-0.39, 0.29) is 0 Å². The van der Waals surface area contributed by atoms with E-state index in [1.54, 1.807) is 0 Å². The highest BCUT2D eigenvalue weighted by molar-refractivity contribution is 6.56. The average molecular weight is 249 g/mol. The standard InChI is InChI=1S/C14H18BClO/c1-2-3-8-15-14-12(9-17-15)13(14)10-4-6-11(16)7-5-10/h4-7,12-14H,2-3,8-9H2,1H3/t12-,13-,14-/m1/s1. The summed E-state index contributed by atoms with van der Waals surface area (Å²) >= 11 is 5.93. The molecule has 3 atom stereocenters. The van der Waals surface area contributed by atoms with Gasteiger partial charge in [0.25, 0.3) is 6.92 Å². The first-order valence-electron chi connectivity index (χ1n) is 6.68. The van der Waals surface area contributed by atoms with E-state index in [1.807, 2.05) is 12.1 Å². The lowest BCUT2D eigenvalue weighted by Crippen LogP contribution is -2.15. The van der Waals surface area contributed by atoms with Gasteiger partial charge in [-0.15, -0.1) is 0 Å². The lowest BCUT2D eigenvalue weighted by Gasteiger charge is -2.11. The van der Waals surface area contributed by atoms with Crippen LogP contribution in [0, 0.1) is 5.92 Å². The summed E-state index contributed by atoms with van der Waals surface area (Å²) in [6.45, 7) is 3.73. The lowest BCUT2D eigenvalue weighted by molar-refractivity contribution is 0.323. The van der Waals surface area contributed by atoms with Gasteiger partial charge in [0.1, 0.15) is 0 Å². The van der Waals surface area contributed by atoms with Crippen molar-refractivity contribution in [2.75, 3.05) is 6.61 Å². The molecule has 1 aliphatic carbocycles. The van der Waals surface area contributed by atoms with Gasteiger partial charge < -0.3 is 4.65 Å². The Morgan fingerprint density at radius 2 is 2.12 bits per heavy atom. The average Bonchev–Trinajstić information content (AvgIpc) is 2.92. The van der Waals surface area contributed by atoms with Crippen molar-refractivity contribution < 1.29 is 4.65 Å². The van der Waals surface area contributed by atoms with Crippen molar-refractivity contribution in [1.29, 1.82) is 0 Å². The number of benzene rings is 1. The van der Waals surface area contributed by atoms with Gasteiger partial charge in [-0.3, -0.25) is 0 Å². The zero-order valence-electron chi connectivity index (χ0n) is 10.2. The fraction of sp³-hybridized carbons (Fsp3) is 0.571. The van der Waals surface area contributed by atoms with Crippen molar-refractivity contribution in [2.24, 2.45) is 5.92 Å². The van der Waals surface area contributed by atoms with Crippen molar-refractivity contribution in [3.63, 3.8) is 0 Å². The molecule has 0 spiro atoms. The van der Waals surface area contributed by atoms with Crippen molar-refractivity contribution in [2.45, 2.75) is 37.8 Å². The van der Waals surface area contributed by atoms with Crippen molar-refractivity contribution in [1.82, 2.24) is 0 Å². The maximum absolute atomic E-state index is 5.93. The summed E-state index contributed by atoms with van der Waals surface area (Å²) in [5.41, 5.74) is 1.45. The first-order chi connectivity index (χ1) is 8.31. The minimum absolute atomic E-state index is 0.514. The van der Waals surface area contributed by atoms with E-state index < -0.39 is 0 Å². The Hall–Kier alpha value is -0.465. The van der Waals surface area contributed by atoms with Crippen LogP contribution in [0.3, 0.4) is 0 Å². The molecule has 0 radical (unpaired) electrons. The minimum Gasteiger partial charge on any atom is -0.435 e. The fourth-order valence-electron chi connectivity index (χ4n) is 3.30. The Kier molecular flexibility index (Phi) is 3.18. The van der Waals surface area contributed by atoms with Crippen LogP contribution in [0.4, 0.5) is 0 Å². The molecule has 1 heterocycles. The highest BCUT2D eigenvalue weighted by Crippen LogP contribution is 2.65. The number of unbranched alkanes of at least 4 members (excludes halogenated alkanes) is 1. The predicted octanol–water partition coefficient (Wildman–Crippen LogP) is 4.25. The molecule has 1 aliphatic heterocycles. The third kappa shape index (κ3) is 2.13. The van der Waals surface area contributed by atoms with Crippen LogP contribution in [0.1, 0.15) is 31.2 Å². The molecule has 0 N–H and O–H groups in total. The SMILES string of the molecule is CCCCB1OC[C@H]2[C@@H]1[C@@H]2c1ccc(Cl)cc1. The maximum atomic E-state index is 5.93. The maximum Gasteiger partial charge on any atom is 0.297 e. The quantitative estimate of drug-likeness (QED) is 0.724. The molecule has 1 nitrogen and oxygen atoms in total. The molecule has 2 fully saturated rings. The molecule has 2 aliphatic rings. The highest BCUT2D eigenvalue weighted by atomic mass is 35.5. The smallest absolute Gasteiger partial charge is 0.297 e. The minimum atomic E-state index is 0.514. The van der Waals surface area contributed by atoms with E-state index in [0.717, 1.165) is 29.3 Å². The summed E-state index contributed by atoms with van der Waals surface area (Å²) in [5.74, 6) is 2.30. The summed E-state index contributed by atoms with van der Waals surface area (Å²) in [6.07, 6.45) is 3.80. The van der Waals surface area contributed by atoms with E-state index in [1.165, 1.54) is 24.7 Å². The van der Waals surface area contributed by atoms with Crippen LogP contribution in [0.25, 0.3) is 0 Å². The summed E-state index contributed by atoms with van der Waals surface area (Å²) in [7, 11) is 0. The summed E-state index contributed by atoms with van der Waals surface area (Å²) in [4.78, 5) is 0. The van der Waals surface area contributed by atoms with Gasteiger partial charge in [-0.2, -0.15) is 0 Å². The van der Waals surface area contributed by atoms with Gasteiger partial charge in [0.2, 0.25) is 0 Å². The molecular formula is C14H18BClO. The summed E-state index contributed by atoms with van der Waals surface area (Å²) < 4.78 is 5.87. The van der Waals surface area contributed by atoms with Gasteiger partial charge in [0.05, 0.1) is 0 Å². The monoisotopic (exact) mass is 248 g/mol. The number of hydrogen-bond donors (Lipinski definition) is 0. The first kappa shape index (κ1) is 11.6. The largest absolute Gasteiger partial charge is 0.435 e. The van der Waals surface area contributed by atoms with Crippen molar-refractivity contribution in [3.05, 3.63) is 34.9 Å². The fourth-order valence-corrected chi connectivity index (χ4v) is 3.43. The van der Waals surface area contributed by atoms with Gasteiger partial charge in [0.15, 0.2) is 0 Å². The highest BCUT2D eigenvalue weighted by Gasteiger charge is 2.60. The second kappa shape index (κ2) is 4.66. The second-order valence-corrected chi connectivity index (χ2v) is 5.77. The van der Waals surface area contributed by atoms with E-state index in [9.17, 15) is 0 Å².